The van der Waals surface area contributed by atoms with Crippen LogP contribution in [0, 0.1) is 0 Å². The molecule has 1 saturated heterocycles. The Morgan fingerprint density at radius 2 is 2.00 bits per heavy atom. The molecular formula is C14H24N4. The fourth-order valence-corrected chi connectivity index (χ4v) is 2.41. The molecule has 0 radical (unpaired) electrons. The molecule has 2 N–H and O–H groups in total. The average molecular weight is 248 g/mol. The number of hydrogen-bond donors (Lipinski definition) is 1. The van der Waals surface area contributed by atoms with Crippen LogP contribution in [0.3, 0.4) is 0 Å². The molecule has 0 bridgehead atoms. The molecule has 2 rings (SSSR count). The van der Waals surface area contributed by atoms with Crippen LogP contribution >= 0.6 is 0 Å². The van der Waals surface area contributed by atoms with Crippen molar-refractivity contribution in [2.24, 2.45) is 5.73 Å². The molecule has 100 valence electrons. The van der Waals surface area contributed by atoms with Crippen molar-refractivity contribution >= 4 is 5.82 Å². The van der Waals surface area contributed by atoms with Crippen LogP contribution in [0.4, 0.5) is 5.82 Å². The SMILES string of the molecule is CCC(C)N1CCN(c2cccc(CN)n2)CC1. The third-order valence-corrected chi connectivity index (χ3v) is 3.85. The zero-order valence-corrected chi connectivity index (χ0v) is 11.5. The maximum Gasteiger partial charge on any atom is 0.128 e. The highest BCUT2D eigenvalue weighted by atomic mass is 15.3. The Hall–Kier alpha value is -1.13. The molecule has 1 atom stereocenters. The molecule has 4 nitrogen and oxygen atoms in total. The number of nitrogens with two attached hydrogens (primary N) is 1. The predicted molar refractivity (Wildman–Crippen MR) is 75.7 cm³/mol. The second-order valence-electron chi connectivity index (χ2n) is 4.97. The van der Waals surface area contributed by atoms with Gasteiger partial charge in [0.1, 0.15) is 5.82 Å². The highest BCUT2D eigenvalue weighted by Crippen LogP contribution is 2.16. The van der Waals surface area contributed by atoms with Crippen LogP contribution in [-0.2, 0) is 6.54 Å². The van der Waals surface area contributed by atoms with Crippen molar-refractivity contribution in [2.45, 2.75) is 32.9 Å². The molecule has 1 unspecified atom stereocenters. The number of nitrogens with zero attached hydrogens (tertiary/aromatic N) is 3. The Kier molecular flexibility index (Phi) is 4.55. The topological polar surface area (TPSA) is 45.4 Å². The zero-order chi connectivity index (χ0) is 13.0. The minimum Gasteiger partial charge on any atom is -0.354 e. The van der Waals surface area contributed by atoms with Crippen LogP contribution < -0.4 is 10.6 Å². The van der Waals surface area contributed by atoms with Gasteiger partial charge in [-0.05, 0) is 25.5 Å². The van der Waals surface area contributed by atoms with Crippen molar-refractivity contribution in [3.63, 3.8) is 0 Å². The number of rotatable bonds is 4. The summed E-state index contributed by atoms with van der Waals surface area (Å²) >= 11 is 0. The number of anilines is 1. The van der Waals surface area contributed by atoms with Gasteiger partial charge >= 0.3 is 0 Å². The van der Waals surface area contributed by atoms with Crippen molar-refractivity contribution in [3.05, 3.63) is 23.9 Å². The molecule has 18 heavy (non-hydrogen) atoms. The minimum absolute atomic E-state index is 0.515. The van der Waals surface area contributed by atoms with E-state index in [1.807, 2.05) is 12.1 Å². The van der Waals surface area contributed by atoms with Gasteiger partial charge in [0.2, 0.25) is 0 Å². The van der Waals surface area contributed by atoms with E-state index in [1.54, 1.807) is 0 Å². The van der Waals surface area contributed by atoms with E-state index in [2.05, 4.69) is 34.7 Å². The van der Waals surface area contributed by atoms with E-state index in [-0.39, 0.29) is 0 Å². The minimum atomic E-state index is 0.515. The maximum absolute atomic E-state index is 5.64. The second kappa shape index (κ2) is 6.16. The van der Waals surface area contributed by atoms with Gasteiger partial charge in [0.25, 0.3) is 0 Å². The standard InChI is InChI=1S/C14H24N4/c1-3-12(2)17-7-9-18(10-8-17)14-6-4-5-13(11-15)16-14/h4-6,12H,3,7-11,15H2,1-2H3. The summed E-state index contributed by atoms with van der Waals surface area (Å²) in [5.41, 5.74) is 6.61. The second-order valence-corrected chi connectivity index (χ2v) is 4.97. The first-order chi connectivity index (χ1) is 8.74. The highest BCUT2D eigenvalue weighted by Gasteiger charge is 2.20. The first-order valence-electron chi connectivity index (χ1n) is 6.89. The van der Waals surface area contributed by atoms with Gasteiger partial charge in [-0.3, -0.25) is 4.90 Å². The molecule has 4 heteroatoms. The molecule has 0 amide bonds. The summed E-state index contributed by atoms with van der Waals surface area (Å²) < 4.78 is 0. The molecule has 1 aliphatic rings. The van der Waals surface area contributed by atoms with E-state index >= 15 is 0 Å². The fourth-order valence-electron chi connectivity index (χ4n) is 2.41. The Labute approximate surface area is 110 Å². The van der Waals surface area contributed by atoms with Crippen LogP contribution in [0.15, 0.2) is 18.2 Å². The van der Waals surface area contributed by atoms with Crippen molar-refractivity contribution in [1.29, 1.82) is 0 Å². The number of piperazine rings is 1. The molecule has 1 aromatic heterocycles. The Balaban J connectivity index is 1.96. The lowest BCUT2D eigenvalue weighted by Gasteiger charge is -2.38. The Morgan fingerprint density at radius 1 is 1.28 bits per heavy atom. The molecular weight excluding hydrogens is 224 g/mol. The highest BCUT2D eigenvalue weighted by molar-refractivity contribution is 5.39. The lowest BCUT2D eigenvalue weighted by Crippen LogP contribution is -2.49. The van der Waals surface area contributed by atoms with Crippen molar-refractivity contribution < 1.29 is 0 Å². The Morgan fingerprint density at radius 3 is 2.61 bits per heavy atom. The summed E-state index contributed by atoms with van der Waals surface area (Å²) in [5.74, 6) is 1.07. The summed E-state index contributed by atoms with van der Waals surface area (Å²) in [4.78, 5) is 9.51. The van der Waals surface area contributed by atoms with Crippen molar-refractivity contribution in [2.75, 3.05) is 31.1 Å². The van der Waals surface area contributed by atoms with Crippen LogP contribution in [0.5, 0.6) is 0 Å². The van der Waals surface area contributed by atoms with E-state index in [0.29, 0.717) is 12.6 Å². The average Bonchev–Trinajstić information content (AvgIpc) is 2.46. The van der Waals surface area contributed by atoms with E-state index in [0.717, 1.165) is 37.7 Å². The van der Waals surface area contributed by atoms with Crippen molar-refractivity contribution in [1.82, 2.24) is 9.88 Å². The van der Waals surface area contributed by atoms with Gasteiger partial charge in [-0.15, -0.1) is 0 Å². The third kappa shape index (κ3) is 3.00. The van der Waals surface area contributed by atoms with Crippen LogP contribution in [0.25, 0.3) is 0 Å². The van der Waals surface area contributed by atoms with E-state index < -0.39 is 0 Å². The largest absolute Gasteiger partial charge is 0.354 e. The molecule has 2 heterocycles. The van der Waals surface area contributed by atoms with Gasteiger partial charge in [0.05, 0.1) is 5.69 Å². The van der Waals surface area contributed by atoms with Crippen LogP contribution in [0.1, 0.15) is 26.0 Å². The number of aromatic nitrogens is 1. The predicted octanol–water partition coefficient (Wildman–Crippen LogP) is 1.46. The molecule has 0 spiro atoms. The van der Waals surface area contributed by atoms with Gasteiger partial charge in [0.15, 0.2) is 0 Å². The van der Waals surface area contributed by atoms with E-state index in [1.165, 1.54) is 6.42 Å². The van der Waals surface area contributed by atoms with Gasteiger partial charge in [-0.2, -0.15) is 0 Å². The van der Waals surface area contributed by atoms with Gasteiger partial charge in [0, 0.05) is 38.8 Å². The van der Waals surface area contributed by atoms with E-state index in [4.69, 9.17) is 5.73 Å². The zero-order valence-electron chi connectivity index (χ0n) is 11.5. The molecule has 0 aliphatic carbocycles. The molecule has 0 saturated carbocycles. The third-order valence-electron chi connectivity index (χ3n) is 3.85. The monoisotopic (exact) mass is 248 g/mol. The summed E-state index contributed by atoms with van der Waals surface area (Å²) in [6, 6.07) is 6.80. The smallest absolute Gasteiger partial charge is 0.128 e. The van der Waals surface area contributed by atoms with Gasteiger partial charge in [-0.25, -0.2) is 4.98 Å². The summed E-state index contributed by atoms with van der Waals surface area (Å²) in [5, 5.41) is 0. The van der Waals surface area contributed by atoms with Crippen LogP contribution in [0.2, 0.25) is 0 Å². The molecule has 1 aliphatic heterocycles. The van der Waals surface area contributed by atoms with Gasteiger partial charge in [-0.1, -0.05) is 13.0 Å². The molecule has 1 aromatic rings. The van der Waals surface area contributed by atoms with Gasteiger partial charge < -0.3 is 10.6 Å². The Bertz CT molecular complexity index is 372. The molecule has 1 fully saturated rings. The normalized spacial score (nSPS) is 18.9. The number of pyridine rings is 1. The molecule has 0 aromatic carbocycles. The quantitative estimate of drug-likeness (QED) is 0.876. The van der Waals surface area contributed by atoms with E-state index in [9.17, 15) is 0 Å². The lowest BCUT2D eigenvalue weighted by atomic mass is 10.2. The number of hydrogen-bond acceptors (Lipinski definition) is 4. The first kappa shape index (κ1) is 13.3. The first-order valence-corrected chi connectivity index (χ1v) is 6.89. The summed E-state index contributed by atoms with van der Waals surface area (Å²) in [6.45, 7) is 9.46. The maximum atomic E-state index is 5.64. The van der Waals surface area contributed by atoms with Crippen molar-refractivity contribution in [3.8, 4) is 0 Å². The van der Waals surface area contributed by atoms with Crippen LogP contribution in [-0.4, -0.2) is 42.1 Å². The summed E-state index contributed by atoms with van der Waals surface area (Å²) in [6.07, 6.45) is 1.22. The fraction of sp³-hybridized carbons (Fsp3) is 0.643. The summed E-state index contributed by atoms with van der Waals surface area (Å²) in [7, 11) is 0. The lowest BCUT2D eigenvalue weighted by molar-refractivity contribution is 0.192.